The lowest BCUT2D eigenvalue weighted by Crippen LogP contribution is -2.31. The summed E-state index contributed by atoms with van der Waals surface area (Å²) in [6.07, 6.45) is 3.81. The molecule has 258 valence electrons. The summed E-state index contributed by atoms with van der Waals surface area (Å²) in [5.74, 6) is 0. The first-order valence-corrected chi connectivity index (χ1v) is 18.7. The Morgan fingerprint density at radius 3 is 1.24 bits per heavy atom. The van der Waals surface area contributed by atoms with E-state index in [9.17, 15) is 0 Å². The lowest BCUT2D eigenvalue weighted by Gasteiger charge is -2.34. The van der Waals surface area contributed by atoms with Gasteiger partial charge in [-0.3, -0.25) is 0 Å². The van der Waals surface area contributed by atoms with Crippen molar-refractivity contribution < 1.29 is 4.74 Å². The molecule has 0 atom stereocenters. The molecule has 0 N–H and O–H groups in total. The van der Waals surface area contributed by atoms with Gasteiger partial charge in [-0.15, -0.1) is 0 Å². The molecule has 0 amide bonds. The summed E-state index contributed by atoms with van der Waals surface area (Å²) in [7, 11) is 0. The Morgan fingerprint density at radius 1 is 0.392 bits per heavy atom. The molecule has 0 fully saturated rings. The van der Waals surface area contributed by atoms with Gasteiger partial charge in [0.15, 0.2) is 0 Å². The largest absolute Gasteiger partial charge is 0.359 e. The van der Waals surface area contributed by atoms with E-state index in [1.165, 1.54) is 27.8 Å². The van der Waals surface area contributed by atoms with E-state index in [0.29, 0.717) is 0 Å². The van der Waals surface area contributed by atoms with E-state index in [2.05, 4.69) is 197 Å². The summed E-state index contributed by atoms with van der Waals surface area (Å²) in [6.45, 7) is 13.4. The molecule has 0 spiro atoms. The van der Waals surface area contributed by atoms with Crippen LogP contribution in [-0.2, 0) is 15.9 Å². The molecule has 6 aromatic rings. The number of hydrogen-bond acceptors (Lipinski definition) is 3. The first-order valence-electron chi connectivity index (χ1n) is 18.7. The van der Waals surface area contributed by atoms with Gasteiger partial charge in [-0.1, -0.05) is 112 Å². The van der Waals surface area contributed by atoms with Gasteiger partial charge in [-0.2, -0.15) is 0 Å². The Bertz CT molecular complexity index is 1990. The third-order valence-corrected chi connectivity index (χ3v) is 11.0. The van der Waals surface area contributed by atoms with Crippen molar-refractivity contribution >= 4 is 34.1 Å². The molecule has 0 aliphatic carbocycles. The van der Waals surface area contributed by atoms with E-state index in [4.69, 9.17) is 4.74 Å². The average Bonchev–Trinajstić information content (AvgIpc) is 3.47. The van der Waals surface area contributed by atoms with Crippen molar-refractivity contribution in [3.63, 3.8) is 0 Å². The topological polar surface area (TPSA) is 15.7 Å². The van der Waals surface area contributed by atoms with Gasteiger partial charge in [0.1, 0.15) is 0 Å². The average molecular weight is 671 g/mol. The molecule has 0 radical (unpaired) electrons. The Morgan fingerprint density at radius 2 is 0.804 bits per heavy atom. The molecule has 0 bridgehead atoms. The summed E-state index contributed by atoms with van der Waals surface area (Å²) in [5, 5.41) is 0. The second-order valence-electron chi connectivity index (χ2n) is 14.0. The molecule has 0 saturated carbocycles. The quantitative estimate of drug-likeness (QED) is 0.136. The third kappa shape index (κ3) is 6.36. The van der Waals surface area contributed by atoms with Crippen LogP contribution >= 0.6 is 0 Å². The van der Waals surface area contributed by atoms with Crippen LogP contribution in [0.3, 0.4) is 0 Å². The van der Waals surface area contributed by atoms with Crippen LogP contribution in [0.5, 0.6) is 0 Å². The number of benzene rings is 6. The highest BCUT2D eigenvalue weighted by Crippen LogP contribution is 2.55. The van der Waals surface area contributed by atoms with E-state index in [0.717, 1.165) is 65.4 Å². The summed E-state index contributed by atoms with van der Waals surface area (Å²) in [6, 6.07) is 53.3. The van der Waals surface area contributed by atoms with E-state index in [-0.39, 0.29) is 11.2 Å². The monoisotopic (exact) mass is 670 g/mol. The lowest BCUT2D eigenvalue weighted by atomic mass is 9.81. The van der Waals surface area contributed by atoms with E-state index in [1.807, 2.05) is 0 Å². The minimum atomic E-state index is -0.298. The van der Waals surface area contributed by atoms with Crippen LogP contribution in [0.25, 0.3) is 11.1 Å². The third-order valence-electron chi connectivity index (χ3n) is 11.0. The summed E-state index contributed by atoms with van der Waals surface area (Å²) < 4.78 is 7.15. The second kappa shape index (κ2) is 14.2. The smallest absolute Gasteiger partial charge is 0.0942 e. The van der Waals surface area contributed by atoms with Crippen LogP contribution in [-0.4, -0.2) is 0 Å². The SMILES string of the molecule is CCC1(CC)OC(CC)(CC)c2cc(-c3cc(N(c4ccccc4)c4ccccc4)cc(N(c4ccc(C)cc4)c4ccc(C)cc4)c3)ccc21. The number of hydrogen-bond donors (Lipinski definition) is 0. The molecule has 1 aliphatic rings. The Kier molecular flexibility index (Phi) is 9.59. The maximum atomic E-state index is 7.15. The molecule has 3 nitrogen and oxygen atoms in total. The summed E-state index contributed by atoms with van der Waals surface area (Å²) >= 11 is 0. The normalized spacial score (nSPS) is 14.2. The lowest BCUT2D eigenvalue weighted by molar-refractivity contribution is -0.151. The van der Waals surface area contributed by atoms with Crippen LogP contribution in [0.1, 0.15) is 75.6 Å². The molecule has 6 aromatic carbocycles. The molecule has 1 aliphatic heterocycles. The van der Waals surface area contributed by atoms with Crippen LogP contribution < -0.4 is 9.80 Å². The second-order valence-corrected chi connectivity index (χ2v) is 14.0. The number of anilines is 6. The zero-order valence-corrected chi connectivity index (χ0v) is 31.0. The molecule has 7 rings (SSSR count). The highest BCUT2D eigenvalue weighted by molar-refractivity contribution is 5.87. The number of rotatable bonds is 11. The standard InChI is InChI=1S/C48H50N2O/c1-7-47(8-2)45-30-25-37(33-46(45)48(9-3,10-4)51-47)38-31-43(49(39-17-13-11-14-18-39)40-19-15-12-16-20-40)34-44(32-38)50(41-26-21-35(5)22-27-41)42-28-23-36(6)24-29-42/h11-34H,7-10H2,1-6H3. The molecule has 51 heavy (non-hydrogen) atoms. The fourth-order valence-electron chi connectivity index (χ4n) is 7.99. The summed E-state index contributed by atoms with van der Waals surface area (Å²) in [5.41, 5.74) is 13.6. The van der Waals surface area contributed by atoms with Gasteiger partial charge in [0, 0.05) is 34.1 Å². The van der Waals surface area contributed by atoms with Crippen molar-refractivity contribution in [2.75, 3.05) is 9.80 Å². The van der Waals surface area contributed by atoms with Crippen LogP contribution in [0.15, 0.2) is 146 Å². The Hall–Kier alpha value is -5.12. The van der Waals surface area contributed by atoms with Crippen molar-refractivity contribution in [1.29, 1.82) is 0 Å². The van der Waals surface area contributed by atoms with E-state index in [1.54, 1.807) is 0 Å². The van der Waals surface area contributed by atoms with Gasteiger partial charge < -0.3 is 14.5 Å². The molecule has 0 saturated heterocycles. The van der Waals surface area contributed by atoms with Crippen molar-refractivity contribution in [3.8, 4) is 11.1 Å². The van der Waals surface area contributed by atoms with Crippen molar-refractivity contribution in [2.45, 2.75) is 78.4 Å². The van der Waals surface area contributed by atoms with Gasteiger partial charge in [0.05, 0.1) is 11.2 Å². The van der Waals surface area contributed by atoms with E-state index < -0.39 is 0 Å². The predicted molar refractivity (Wildman–Crippen MR) is 216 cm³/mol. The van der Waals surface area contributed by atoms with Gasteiger partial charge in [0.2, 0.25) is 0 Å². The maximum absolute atomic E-state index is 7.15. The molecule has 1 heterocycles. The van der Waals surface area contributed by atoms with Crippen molar-refractivity contribution in [3.05, 3.63) is 168 Å². The first-order chi connectivity index (χ1) is 24.8. The minimum absolute atomic E-state index is 0.252. The highest BCUT2D eigenvalue weighted by atomic mass is 16.5. The maximum Gasteiger partial charge on any atom is 0.0942 e. The van der Waals surface area contributed by atoms with Gasteiger partial charge in [-0.25, -0.2) is 0 Å². The van der Waals surface area contributed by atoms with Crippen LogP contribution in [0, 0.1) is 13.8 Å². The van der Waals surface area contributed by atoms with Gasteiger partial charge in [-0.05, 0) is 135 Å². The zero-order valence-electron chi connectivity index (χ0n) is 31.0. The van der Waals surface area contributed by atoms with Crippen molar-refractivity contribution in [1.82, 2.24) is 0 Å². The van der Waals surface area contributed by atoms with Crippen LogP contribution in [0.2, 0.25) is 0 Å². The number of nitrogens with zero attached hydrogens (tertiary/aromatic N) is 2. The van der Waals surface area contributed by atoms with Crippen LogP contribution in [0.4, 0.5) is 34.1 Å². The number of aryl methyl sites for hydroxylation is 2. The summed E-state index contributed by atoms with van der Waals surface area (Å²) in [4.78, 5) is 4.76. The molecular weight excluding hydrogens is 621 g/mol. The Labute approximate surface area is 305 Å². The Balaban J connectivity index is 1.50. The number of ether oxygens (including phenoxy) is 1. The first kappa shape index (κ1) is 34.3. The molecule has 3 heteroatoms. The molecule has 0 aromatic heterocycles. The molecule has 0 unspecified atom stereocenters. The molecular formula is C48H50N2O. The fourth-order valence-corrected chi connectivity index (χ4v) is 7.99. The number of para-hydroxylation sites is 2. The van der Waals surface area contributed by atoms with E-state index >= 15 is 0 Å². The fraction of sp³-hybridized carbons (Fsp3) is 0.250. The van der Waals surface area contributed by atoms with Crippen molar-refractivity contribution in [2.24, 2.45) is 0 Å². The van der Waals surface area contributed by atoms with Gasteiger partial charge in [0.25, 0.3) is 0 Å². The zero-order chi connectivity index (χ0) is 35.6. The highest BCUT2D eigenvalue weighted by Gasteiger charge is 2.49. The number of fused-ring (bicyclic) bond motifs is 1. The minimum Gasteiger partial charge on any atom is -0.359 e. The predicted octanol–water partition coefficient (Wildman–Crippen LogP) is 14.0. The van der Waals surface area contributed by atoms with Gasteiger partial charge >= 0.3 is 0 Å².